The van der Waals surface area contributed by atoms with Gasteiger partial charge in [-0.25, -0.2) is 0 Å². The number of carbonyl (C=O) groups is 2. The Hall–Kier alpha value is -2.69. The van der Waals surface area contributed by atoms with Crippen molar-refractivity contribution in [1.29, 1.82) is 0 Å². The zero-order valence-electron chi connectivity index (χ0n) is 12.5. The van der Waals surface area contributed by atoms with Crippen LogP contribution in [0.1, 0.15) is 35.3 Å². The molecule has 5 heteroatoms. The Balaban J connectivity index is 1.73. The van der Waals surface area contributed by atoms with Gasteiger partial charge in [0.25, 0.3) is 5.91 Å². The first-order chi connectivity index (χ1) is 10.7. The molecular formula is C17H19N3O2. The van der Waals surface area contributed by atoms with Crippen LogP contribution in [0.15, 0.2) is 54.9 Å². The number of rotatable bonds is 6. The van der Waals surface area contributed by atoms with Crippen molar-refractivity contribution in [3.63, 3.8) is 0 Å². The number of pyridine rings is 1. The van der Waals surface area contributed by atoms with Crippen molar-refractivity contribution in [2.45, 2.75) is 19.4 Å². The van der Waals surface area contributed by atoms with E-state index in [-0.39, 0.29) is 24.3 Å². The van der Waals surface area contributed by atoms with Crippen LogP contribution in [-0.2, 0) is 4.79 Å². The first-order valence-electron chi connectivity index (χ1n) is 7.19. The molecule has 2 rings (SSSR count). The zero-order valence-corrected chi connectivity index (χ0v) is 12.5. The molecule has 1 aromatic carbocycles. The summed E-state index contributed by atoms with van der Waals surface area (Å²) in [5, 5.41) is 5.62. The maximum absolute atomic E-state index is 11.9. The molecule has 0 aliphatic heterocycles. The van der Waals surface area contributed by atoms with E-state index in [0.29, 0.717) is 12.1 Å². The molecule has 1 aromatic heterocycles. The SMILES string of the molecule is C[C@@H](NC(=O)CCNC(=O)c1ccccc1)c1ccncc1. The lowest BCUT2D eigenvalue weighted by molar-refractivity contribution is -0.121. The second-order valence-electron chi connectivity index (χ2n) is 4.94. The number of aromatic nitrogens is 1. The number of hydrogen-bond donors (Lipinski definition) is 2. The molecule has 22 heavy (non-hydrogen) atoms. The quantitative estimate of drug-likeness (QED) is 0.857. The lowest BCUT2D eigenvalue weighted by Gasteiger charge is -2.14. The summed E-state index contributed by atoms with van der Waals surface area (Å²) < 4.78 is 0. The van der Waals surface area contributed by atoms with E-state index in [9.17, 15) is 9.59 Å². The molecule has 114 valence electrons. The second-order valence-corrected chi connectivity index (χ2v) is 4.94. The van der Waals surface area contributed by atoms with Crippen molar-refractivity contribution >= 4 is 11.8 Å². The van der Waals surface area contributed by atoms with Crippen LogP contribution in [0.5, 0.6) is 0 Å². The minimum absolute atomic E-state index is 0.0830. The van der Waals surface area contributed by atoms with E-state index in [1.165, 1.54) is 0 Å². The molecule has 0 fully saturated rings. The van der Waals surface area contributed by atoms with Gasteiger partial charge in [-0.3, -0.25) is 14.6 Å². The largest absolute Gasteiger partial charge is 0.352 e. The summed E-state index contributed by atoms with van der Waals surface area (Å²) in [6, 6.07) is 12.6. The normalized spacial score (nSPS) is 11.5. The Morgan fingerprint density at radius 2 is 1.77 bits per heavy atom. The van der Waals surface area contributed by atoms with Gasteiger partial charge in [-0.2, -0.15) is 0 Å². The van der Waals surface area contributed by atoms with E-state index >= 15 is 0 Å². The van der Waals surface area contributed by atoms with Crippen molar-refractivity contribution in [2.24, 2.45) is 0 Å². The lowest BCUT2D eigenvalue weighted by Crippen LogP contribution is -2.32. The fraction of sp³-hybridized carbons (Fsp3) is 0.235. The maximum Gasteiger partial charge on any atom is 0.251 e. The summed E-state index contributed by atoms with van der Waals surface area (Å²) in [7, 11) is 0. The smallest absolute Gasteiger partial charge is 0.251 e. The van der Waals surface area contributed by atoms with Crippen LogP contribution in [0, 0.1) is 0 Å². The molecule has 0 aliphatic carbocycles. The van der Waals surface area contributed by atoms with E-state index in [2.05, 4.69) is 15.6 Å². The van der Waals surface area contributed by atoms with Gasteiger partial charge in [0.2, 0.25) is 5.91 Å². The summed E-state index contributed by atoms with van der Waals surface area (Å²) in [5.74, 6) is -0.270. The molecule has 0 saturated carbocycles. The van der Waals surface area contributed by atoms with Crippen molar-refractivity contribution in [2.75, 3.05) is 6.54 Å². The van der Waals surface area contributed by atoms with E-state index in [1.807, 2.05) is 25.1 Å². The van der Waals surface area contributed by atoms with Gasteiger partial charge in [-0.15, -0.1) is 0 Å². The number of benzene rings is 1. The zero-order chi connectivity index (χ0) is 15.8. The van der Waals surface area contributed by atoms with Crippen LogP contribution in [0.2, 0.25) is 0 Å². The molecule has 0 aliphatic rings. The lowest BCUT2D eigenvalue weighted by atomic mass is 10.1. The minimum Gasteiger partial charge on any atom is -0.352 e. The predicted molar refractivity (Wildman–Crippen MR) is 84.2 cm³/mol. The molecule has 2 amide bonds. The van der Waals surface area contributed by atoms with Crippen molar-refractivity contribution < 1.29 is 9.59 Å². The molecule has 1 atom stereocenters. The molecule has 0 bridgehead atoms. The van der Waals surface area contributed by atoms with Crippen LogP contribution < -0.4 is 10.6 Å². The van der Waals surface area contributed by atoms with Gasteiger partial charge in [0.1, 0.15) is 0 Å². The van der Waals surface area contributed by atoms with Crippen molar-refractivity contribution in [3.8, 4) is 0 Å². The van der Waals surface area contributed by atoms with Gasteiger partial charge < -0.3 is 10.6 Å². The third kappa shape index (κ3) is 4.70. The topological polar surface area (TPSA) is 71.1 Å². The second kappa shape index (κ2) is 7.93. The van der Waals surface area contributed by atoms with Crippen LogP contribution >= 0.6 is 0 Å². The number of amides is 2. The molecule has 2 aromatic rings. The Morgan fingerprint density at radius 1 is 1.09 bits per heavy atom. The van der Waals surface area contributed by atoms with Gasteiger partial charge in [-0.05, 0) is 36.8 Å². The number of nitrogens with one attached hydrogen (secondary N) is 2. The molecule has 1 heterocycles. The predicted octanol–water partition coefficient (Wildman–Crippen LogP) is 2.08. The minimum atomic E-state index is -0.171. The van der Waals surface area contributed by atoms with E-state index in [0.717, 1.165) is 5.56 Å². The Morgan fingerprint density at radius 3 is 2.45 bits per heavy atom. The Kier molecular flexibility index (Phi) is 5.65. The number of carbonyl (C=O) groups excluding carboxylic acids is 2. The summed E-state index contributed by atoms with van der Waals surface area (Å²) in [4.78, 5) is 27.6. The highest BCUT2D eigenvalue weighted by atomic mass is 16.2. The highest BCUT2D eigenvalue weighted by molar-refractivity contribution is 5.94. The summed E-state index contributed by atoms with van der Waals surface area (Å²) >= 11 is 0. The molecule has 2 N–H and O–H groups in total. The average molecular weight is 297 g/mol. The fourth-order valence-electron chi connectivity index (χ4n) is 2.03. The van der Waals surface area contributed by atoms with E-state index in [4.69, 9.17) is 0 Å². The van der Waals surface area contributed by atoms with Crippen LogP contribution in [-0.4, -0.2) is 23.3 Å². The van der Waals surface area contributed by atoms with Gasteiger partial charge in [0, 0.05) is 30.9 Å². The van der Waals surface area contributed by atoms with Crippen molar-refractivity contribution in [3.05, 3.63) is 66.0 Å². The van der Waals surface area contributed by atoms with Crippen LogP contribution in [0.4, 0.5) is 0 Å². The Bertz CT molecular complexity index is 614. The van der Waals surface area contributed by atoms with Gasteiger partial charge in [0.15, 0.2) is 0 Å². The monoisotopic (exact) mass is 297 g/mol. The van der Waals surface area contributed by atoms with Crippen LogP contribution in [0.3, 0.4) is 0 Å². The molecule has 5 nitrogen and oxygen atoms in total. The number of hydrogen-bond acceptors (Lipinski definition) is 3. The average Bonchev–Trinajstić information content (AvgIpc) is 2.56. The molecule has 0 spiro atoms. The van der Waals surface area contributed by atoms with E-state index < -0.39 is 0 Å². The van der Waals surface area contributed by atoms with E-state index in [1.54, 1.807) is 36.7 Å². The first-order valence-corrected chi connectivity index (χ1v) is 7.19. The molecular weight excluding hydrogens is 278 g/mol. The molecule has 0 radical (unpaired) electrons. The fourth-order valence-corrected chi connectivity index (χ4v) is 2.03. The standard InChI is InChI=1S/C17H19N3O2/c1-13(14-7-10-18-11-8-14)20-16(21)9-12-19-17(22)15-5-3-2-4-6-15/h2-8,10-11,13H,9,12H2,1H3,(H,19,22)(H,20,21)/t13-/m1/s1. The molecule has 0 saturated heterocycles. The van der Waals surface area contributed by atoms with Gasteiger partial charge in [-0.1, -0.05) is 18.2 Å². The summed E-state index contributed by atoms with van der Waals surface area (Å²) in [6.45, 7) is 2.22. The summed E-state index contributed by atoms with van der Waals surface area (Å²) in [5.41, 5.74) is 1.59. The number of nitrogens with zero attached hydrogens (tertiary/aromatic N) is 1. The maximum atomic E-state index is 11.9. The highest BCUT2D eigenvalue weighted by Gasteiger charge is 2.10. The summed E-state index contributed by atoms with van der Waals surface area (Å²) in [6.07, 6.45) is 3.63. The van der Waals surface area contributed by atoms with Gasteiger partial charge in [0.05, 0.1) is 6.04 Å². The highest BCUT2D eigenvalue weighted by Crippen LogP contribution is 2.09. The van der Waals surface area contributed by atoms with Crippen molar-refractivity contribution in [1.82, 2.24) is 15.6 Å². The van der Waals surface area contributed by atoms with Crippen LogP contribution in [0.25, 0.3) is 0 Å². The van der Waals surface area contributed by atoms with Gasteiger partial charge >= 0.3 is 0 Å². The third-order valence-electron chi connectivity index (χ3n) is 3.26. The Labute approximate surface area is 129 Å². The first kappa shape index (κ1) is 15.7. The molecule has 0 unspecified atom stereocenters. The third-order valence-corrected chi connectivity index (χ3v) is 3.26.